The molecule has 1 aromatic carbocycles. The van der Waals surface area contributed by atoms with E-state index in [1.807, 2.05) is 18.2 Å². The smallest absolute Gasteiger partial charge is 0.303 e. The van der Waals surface area contributed by atoms with Crippen molar-refractivity contribution in [3.8, 4) is 0 Å². The number of hydrogen-bond donors (Lipinski definition) is 2. The van der Waals surface area contributed by atoms with E-state index in [0.29, 0.717) is 18.0 Å². The van der Waals surface area contributed by atoms with Gasteiger partial charge in [0.25, 0.3) is 0 Å². The molecule has 1 aliphatic carbocycles. The number of Topliss-reactive ketones (excluding diaryl/α,β-unsaturated/α-hetero) is 1. The molecule has 1 fully saturated rings. The van der Waals surface area contributed by atoms with Crippen LogP contribution in [0.15, 0.2) is 30.3 Å². The molecular formula is C16H21NO3. The zero-order chi connectivity index (χ0) is 14.4. The topological polar surface area (TPSA) is 66.4 Å². The average molecular weight is 275 g/mol. The third-order valence-corrected chi connectivity index (χ3v) is 3.81. The SMILES string of the molecule is O=C(O)CCC(NC1CCCC1)C(=O)c1ccccc1. The first-order valence-corrected chi connectivity index (χ1v) is 7.24. The van der Waals surface area contributed by atoms with Crippen LogP contribution in [0.5, 0.6) is 0 Å². The maximum Gasteiger partial charge on any atom is 0.303 e. The van der Waals surface area contributed by atoms with Gasteiger partial charge in [-0.15, -0.1) is 0 Å². The monoisotopic (exact) mass is 275 g/mol. The van der Waals surface area contributed by atoms with Crippen LogP contribution in [0.1, 0.15) is 48.9 Å². The standard InChI is InChI=1S/C16H21NO3/c18-15(19)11-10-14(17-13-8-4-5-9-13)16(20)12-6-2-1-3-7-12/h1-3,6-7,13-14,17H,4-5,8-11H2,(H,18,19). The Morgan fingerprint density at radius 3 is 2.45 bits per heavy atom. The van der Waals surface area contributed by atoms with Crippen LogP contribution in [0.2, 0.25) is 0 Å². The molecule has 0 spiro atoms. The fourth-order valence-corrected chi connectivity index (χ4v) is 2.74. The van der Waals surface area contributed by atoms with E-state index in [4.69, 9.17) is 5.11 Å². The van der Waals surface area contributed by atoms with Crippen LogP contribution in [0, 0.1) is 0 Å². The summed E-state index contributed by atoms with van der Waals surface area (Å²) in [5.41, 5.74) is 0.647. The molecule has 4 heteroatoms. The second-order valence-electron chi connectivity index (χ2n) is 5.36. The fraction of sp³-hybridized carbons (Fsp3) is 0.500. The lowest BCUT2D eigenvalue weighted by molar-refractivity contribution is -0.137. The molecule has 1 atom stereocenters. The number of aliphatic carboxylic acids is 1. The first kappa shape index (κ1) is 14.7. The van der Waals surface area contributed by atoms with Gasteiger partial charge in [0.2, 0.25) is 0 Å². The number of carbonyl (C=O) groups is 2. The predicted octanol–water partition coefficient (Wildman–Crippen LogP) is 2.63. The molecule has 108 valence electrons. The van der Waals surface area contributed by atoms with Crippen LogP contribution in [0.4, 0.5) is 0 Å². The van der Waals surface area contributed by atoms with Crippen molar-refractivity contribution < 1.29 is 14.7 Å². The second kappa shape index (κ2) is 7.20. The largest absolute Gasteiger partial charge is 0.481 e. The lowest BCUT2D eigenvalue weighted by Crippen LogP contribution is -2.42. The minimum absolute atomic E-state index is 0.00116. The third kappa shape index (κ3) is 4.17. The summed E-state index contributed by atoms with van der Waals surface area (Å²) in [6, 6.07) is 9.05. The van der Waals surface area contributed by atoms with Crippen molar-refractivity contribution in [3.63, 3.8) is 0 Å². The van der Waals surface area contributed by atoms with E-state index in [-0.39, 0.29) is 12.2 Å². The van der Waals surface area contributed by atoms with E-state index in [9.17, 15) is 9.59 Å². The lowest BCUT2D eigenvalue weighted by atomic mass is 9.99. The zero-order valence-corrected chi connectivity index (χ0v) is 11.5. The number of nitrogens with one attached hydrogen (secondary N) is 1. The highest BCUT2D eigenvalue weighted by molar-refractivity contribution is 6.00. The summed E-state index contributed by atoms with van der Waals surface area (Å²) in [6.45, 7) is 0. The van der Waals surface area contributed by atoms with Gasteiger partial charge in [0.1, 0.15) is 0 Å². The highest BCUT2D eigenvalue weighted by Gasteiger charge is 2.25. The molecular weight excluding hydrogens is 254 g/mol. The Morgan fingerprint density at radius 2 is 1.85 bits per heavy atom. The van der Waals surface area contributed by atoms with Gasteiger partial charge in [0, 0.05) is 18.0 Å². The van der Waals surface area contributed by atoms with Crippen LogP contribution in [0.25, 0.3) is 0 Å². The molecule has 0 bridgehead atoms. The molecule has 2 N–H and O–H groups in total. The van der Waals surface area contributed by atoms with E-state index in [2.05, 4.69) is 5.32 Å². The highest BCUT2D eigenvalue weighted by atomic mass is 16.4. The molecule has 0 radical (unpaired) electrons. The molecule has 1 aromatic rings. The molecule has 20 heavy (non-hydrogen) atoms. The van der Waals surface area contributed by atoms with Gasteiger partial charge in [-0.25, -0.2) is 0 Å². The third-order valence-electron chi connectivity index (χ3n) is 3.81. The maximum absolute atomic E-state index is 12.5. The molecule has 1 unspecified atom stereocenters. The number of carbonyl (C=O) groups excluding carboxylic acids is 1. The first-order chi connectivity index (χ1) is 9.66. The van der Waals surface area contributed by atoms with Crippen molar-refractivity contribution in [1.82, 2.24) is 5.32 Å². The number of benzene rings is 1. The molecule has 1 saturated carbocycles. The van der Waals surface area contributed by atoms with Gasteiger partial charge in [-0.1, -0.05) is 43.2 Å². The van der Waals surface area contributed by atoms with Gasteiger partial charge in [-0.05, 0) is 19.3 Å². The Balaban J connectivity index is 2.03. The van der Waals surface area contributed by atoms with Crippen LogP contribution in [-0.2, 0) is 4.79 Å². The van der Waals surface area contributed by atoms with Gasteiger partial charge >= 0.3 is 5.97 Å². The number of hydrogen-bond acceptors (Lipinski definition) is 3. The summed E-state index contributed by atoms with van der Waals surface area (Å²) in [6.07, 6.45) is 4.88. The Kier molecular flexibility index (Phi) is 5.30. The van der Waals surface area contributed by atoms with Gasteiger partial charge in [-0.2, -0.15) is 0 Å². The molecule has 0 saturated heterocycles. The van der Waals surface area contributed by atoms with Gasteiger partial charge < -0.3 is 10.4 Å². The van der Waals surface area contributed by atoms with E-state index < -0.39 is 12.0 Å². The van der Waals surface area contributed by atoms with Gasteiger partial charge in [0.05, 0.1) is 6.04 Å². The maximum atomic E-state index is 12.5. The van der Waals surface area contributed by atoms with Gasteiger partial charge in [-0.3, -0.25) is 9.59 Å². The summed E-state index contributed by atoms with van der Waals surface area (Å²) < 4.78 is 0. The molecule has 0 aromatic heterocycles. The predicted molar refractivity (Wildman–Crippen MR) is 76.8 cm³/mol. The van der Waals surface area contributed by atoms with Crippen LogP contribution >= 0.6 is 0 Å². The van der Waals surface area contributed by atoms with Gasteiger partial charge in [0.15, 0.2) is 5.78 Å². The molecule has 1 aliphatic rings. The fourth-order valence-electron chi connectivity index (χ4n) is 2.74. The van der Waals surface area contributed by atoms with Crippen molar-refractivity contribution in [2.75, 3.05) is 0 Å². The Hall–Kier alpha value is -1.68. The van der Waals surface area contributed by atoms with E-state index in [1.165, 1.54) is 12.8 Å². The van der Waals surface area contributed by atoms with Crippen molar-refractivity contribution >= 4 is 11.8 Å². The first-order valence-electron chi connectivity index (χ1n) is 7.24. The minimum Gasteiger partial charge on any atom is -0.481 e. The van der Waals surface area contributed by atoms with Crippen LogP contribution in [-0.4, -0.2) is 28.9 Å². The minimum atomic E-state index is -0.857. The Labute approximate surface area is 119 Å². The molecule has 0 heterocycles. The Morgan fingerprint density at radius 1 is 1.20 bits per heavy atom. The highest BCUT2D eigenvalue weighted by Crippen LogP contribution is 2.20. The van der Waals surface area contributed by atoms with E-state index in [0.717, 1.165) is 12.8 Å². The molecule has 0 amide bonds. The number of carboxylic acid groups (broad SMARTS) is 1. The summed E-state index contributed by atoms with van der Waals surface area (Å²) in [4.78, 5) is 23.3. The quantitative estimate of drug-likeness (QED) is 0.751. The number of ketones is 1. The molecule has 2 rings (SSSR count). The summed E-state index contributed by atoms with van der Waals surface area (Å²) in [5, 5.41) is 12.2. The molecule has 0 aliphatic heterocycles. The summed E-state index contributed by atoms with van der Waals surface area (Å²) in [7, 11) is 0. The summed E-state index contributed by atoms with van der Waals surface area (Å²) >= 11 is 0. The number of carboxylic acids is 1. The zero-order valence-electron chi connectivity index (χ0n) is 11.5. The molecule has 4 nitrogen and oxygen atoms in total. The van der Waals surface area contributed by atoms with E-state index in [1.54, 1.807) is 12.1 Å². The van der Waals surface area contributed by atoms with Crippen molar-refractivity contribution in [2.24, 2.45) is 0 Å². The van der Waals surface area contributed by atoms with Crippen molar-refractivity contribution in [3.05, 3.63) is 35.9 Å². The Bertz CT molecular complexity index is 452. The van der Waals surface area contributed by atoms with Crippen LogP contribution < -0.4 is 5.32 Å². The van der Waals surface area contributed by atoms with Crippen molar-refractivity contribution in [2.45, 2.75) is 50.6 Å². The second-order valence-corrected chi connectivity index (χ2v) is 5.36. The van der Waals surface area contributed by atoms with Crippen molar-refractivity contribution in [1.29, 1.82) is 0 Å². The van der Waals surface area contributed by atoms with E-state index >= 15 is 0 Å². The van der Waals surface area contributed by atoms with Crippen LogP contribution in [0.3, 0.4) is 0 Å². The average Bonchev–Trinajstić information content (AvgIpc) is 2.96. The number of rotatable bonds is 7. The summed E-state index contributed by atoms with van der Waals surface area (Å²) in [5.74, 6) is -0.858. The lowest BCUT2D eigenvalue weighted by Gasteiger charge is -2.21. The normalized spacial score (nSPS) is 17.0.